The fourth-order valence-corrected chi connectivity index (χ4v) is 2.61. The Morgan fingerprint density at radius 3 is 2.65 bits per heavy atom. The van der Waals surface area contributed by atoms with Gasteiger partial charge in [-0.15, -0.1) is 0 Å². The Kier molecular flexibility index (Phi) is 5.14. The van der Waals surface area contributed by atoms with Crippen molar-refractivity contribution in [2.24, 2.45) is 0 Å². The lowest BCUT2D eigenvalue weighted by Crippen LogP contribution is -2.45. The van der Waals surface area contributed by atoms with E-state index in [0.29, 0.717) is 5.11 Å². The summed E-state index contributed by atoms with van der Waals surface area (Å²) < 4.78 is 5.73. The van der Waals surface area contributed by atoms with Crippen molar-refractivity contribution in [3.63, 3.8) is 0 Å². The average molecular weight is 294 g/mol. The number of rotatable bonds is 3. The molecule has 1 aromatic heterocycles. The molecular weight excluding hydrogens is 272 g/mol. The lowest BCUT2D eigenvalue weighted by molar-refractivity contribution is -0.00545. The van der Waals surface area contributed by atoms with E-state index in [2.05, 4.69) is 34.4 Å². The Labute approximate surface area is 125 Å². The third-order valence-electron chi connectivity index (χ3n) is 3.09. The molecule has 0 radical (unpaired) electrons. The van der Waals surface area contributed by atoms with Crippen molar-refractivity contribution in [1.82, 2.24) is 10.3 Å². The highest BCUT2D eigenvalue weighted by Crippen LogP contribution is 2.19. The topological polar surface area (TPSA) is 49.4 Å². The third kappa shape index (κ3) is 4.05. The van der Waals surface area contributed by atoms with Gasteiger partial charge in [0, 0.05) is 19.6 Å². The molecule has 110 valence electrons. The SMILES string of the molecule is CCNC(=S)Nc1ccc(N2CC(C)OC(C)C2)nc1. The molecule has 5 nitrogen and oxygen atoms in total. The summed E-state index contributed by atoms with van der Waals surface area (Å²) in [5.41, 5.74) is 0.897. The molecule has 1 aromatic rings. The van der Waals surface area contributed by atoms with Crippen LogP contribution in [0.4, 0.5) is 11.5 Å². The lowest BCUT2D eigenvalue weighted by Gasteiger charge is -2.36. The van der Waals surface area contributed by atoms with Crippen molar-refractivity contribution in [1.29, 1.82) is 0 Å². The van der Waals surface area contributed by atoms with Gasteiger partial charge in [0.05, 0.1) is 24.1 Å². The molecular formula is C14H22N4OS. The molecule has 2 atom stereocenters. The number of ether oxygens (including phenoxy) is 1. The molecule has 0 aromatic carbocycles. The van der Waals surface area contributed by atoms with Crippen molar-refractivity contribution >= 4 is 28.8 Å². The number of aromatic nitrogens is 1. The minimum absolute atomic E-state index is 0.236. The normalized spacial score (nSPS) is 22.4. The zero-order valence-corrected chi connectivity index (χ0v) is 13.0. The Hall–Kier alpha value is -1.40. The molecule has 6 heteroatoms. The predicted octanol–water partition coefficient (Wildman–Crippen LogP) is 2.00. The predicted molar refractivity (Wildman–Crippen MR) is 86.4 cm³/mol. The second kappa shape index (κ2) is 6.85. The van der Waals surface area contributed by atoms with Gasteiger partial charge in [-0.3, -0.25) is 0 Å². The lowest BCUT2D eigenvalue weighted by atomic mass is 10.2. The molecule has 0 bridgehead atoms. The Balaban J connectivity index is 1.99. The second-order valence-corrected chi connectivity index (χ2v) is 5.46. The van der Waals surface area contributed by atoms with Gasteiger partial charge in [-0.25, -0.2) is 4.98 Å². The maximum Gasteiger partial charge on any atom is 0.170 e. The van der Waals surface area contributed by atoms with E-state index in [4.69, 9.17) is 17.0 Å². The van der Waals surface area contributed by atoms with Crippen LogP contribution >= 0.6 is 12.2 Å². The van der Waals surface area contributed by atoms with E-state index >= 15 is 0 Å². The third-order valence-corrected chi connectivity index (χ3v) is 3.33. The van der Waals surface area contributed by atoms with Crippen molar-refractivity contribution in [3.8, 4) is 0 Å². The molecule has 1 aliphatic rings. The van der Waals surface area contributed by atoms with Gasteiger partial charge >= 0.3 is 0 Å². The van der Waals surface area contributed by atoms with Crippen molar-refractivity contribution in [2.45, 2.75) is 33.0 Å². The Morgan fingerprint density at radius 1 is 1.40 bits per heavy atom. The molecule has 2 rings (SSSR count). The fraction of sp³-hybridized carbons (Fsp3) is 0.571. The van der Waals surface area contributed by atoms with Crippen LogP contribution in [0, 0.1) is 0 Å². The number of thiocarbonyl (C=S) groups is 1. The quantitative estimate of drug-likeness (QED) is 0.832. The maximum atomic E-state index is 5.73. The van der Waals surface area contributed by atoms with Crippen LogP contribution < -0.4 is 15.5 Å². The largest absolute Gasteiger partial charge is 0.372 e. The fourth-order valence-electron chi connectivity index (χ4n) is 2.35. The number of hydrogen-bond acceptors (Lipinski definition) is 4. The van der Waals surface area contributed by atoms with Gasteiger partial charge in [-0.2, -0.15) is 0 Å². The zero-order chi connectivity index (χ0) is 14.5. The smallest absolute Gasteiger partial charge is 0.170 e. The summed E-state index contributed by atoms with van der Waals surface area (Å²) in [7, 11) is 0. The van der Waals surface area contributed by atoms with Crippen LogP contribution in [-0.2, 0) is 4.74 Å². The van der Waals surface area contributed by atoms with Crippen molar-refractivity contribution in [2.75, 3.05) is 29.9 Å². The Bertz CT molecular complexity index is 441. The summed E-state index contributed by atoms with van der Waals surface area (Å²) in [6.07, 6.45) is 2.28. The highest BCUT2D eigenvalue weighted by atomic mass is 32.1. The molecule has 2 heterocycles. The van der Waals surface area contributed by atoms with Gasteiger partial charge in [0.1, 0.15) is 5.82 Å². The Morgan fingerprint density at radius 2 is 2.10 bits per heavy atom. The number of pyridine rings is 1. The zero-order valence-electron chi connectivity index (χ0n) is 12.2. The highest BCUT2D eigenvalue weighted by molar-refractivity contribution is 7.80. The summed E-state index contributed by atoms with van der Waals surface area (Å²) in [5, 5.41) is 6.78. The molecule has 1 saturated heterocycles. The summed E-state index contributed by atoms with van der Waals surface area (Å²) in [6, 6.07) is 4.01. The van der Waals surface area contributed by atoms with Gasteiger partial charge in [0.25, 0.3) is 0 Å². The average Bonchev–Trinajstić information content (AvgIpc) is 2.38. The van der Waals surface area contributed by atoms with E-state index in [9.17, 15) is 0 Å². The van der Waals surface area contributed by atoms with Crippen LogP contribution in [0.1, 0.15) is 20.8 Å². The number of nitrogens with one attached hydrogen (secondary N) is 2. The highest BCUT2D eigenvalue weighted by Gasteiger charge is 2.22. The summed E-state index contributed by atoms with van der Waals surface area (Å²) in [4.78, 5) is 6.76. The van der Waals surface area contributed by atoms with Gasteiger partial charge in [0.2, 0.25) is 0 Å². The van der Waals surface area contributed by atoms with Crippen molar-refractivity contribution in [3.05, 3.63) is 18.3 Å². The summed E-state index contributed by atoms with van der Waals surface area (Å²) in [6.45, 7) is 8.75. The number of anilines is 2. The standard InChI is InChI=1S/C14H22N4OS/c1-4-15-14(20)17-12-5-6-13(16-7-12)18-8-10(2)19-11(3)9-18/h5-7,10-11H,4,8-9H2,1-3H3,(H2,15,17,20). The minimum Gasteiger partial charge on any atom is -0.372 e. The van der Waals surface area contributed by atoms with Crippen LogP contribution in [0.15, 0.2) is 18.3 Å². The monoisotopic (exact) mass is 294 g/mol. The number of nitrogens with zero attached hydrogens (tertiary/aromatic N) is 2. The van der Waals surface area contributed by atoms with Gasteiger partial charge < -0.3 is 20.3 Å². The summed E-state index contributed by atoms with van der Waals surface area (Å²) >= 11 is 5.15. The molecule has 20 heavy (non-hydrogen) atoms. The number of hydrogen-bond donors (Lipinski definition) is 2. The molecule has 0 saturated carbocycles. The first-order valence-electron chi connectivity index (χ1n) is 6.99. The van der Waals surface area contributed by atoms with E-state index in [-0.39, 0.29) is 12.2 Å². The first-order chi connectivity index (χ1) is 9.58. The van der Waals surface area contributed by atoms with Crippen LogP contribution in [-0.4, -0.2) is 41.9 Å². The van der Waals surface area contributed by atoms with Crippen LogP contribution in [0.3, 0.4) is 0 Å². The van der Waals surface area contributed by atoms with Crippen LogP contribution in [0.25, 0.3) is 0 Å². The molecule has 1 fully saturated rings. The van der Waals surface area contributed by atoms with Gasteiger partial charge in [0.15, 0.2) is 5.11 Å². The first kappa shape index (κ1) is 15.0. The van der Waals surface area contributed by atoms with Gasteiger partial charge in [-0.1, -0.05) is 0 Å². The first-order valence-corrected chi connectivity index (χ1v) is 7.40. The molecule has 0 spiro atoms. The van der Waals surface area contributed by atoms with E-state index < -0.39 is 0 Å². The van der Waals surface area contributed by atoms with Crippen molar-refractivity contribution < 1.29 is 4.74 Å². The molecule has 2 unspecified atom stereocenters. The maximum absolute atomic E-state index is 5.73. The van der Waals surface area contributed by atoms with Crippen LogP contribution in [0.5, 0.6) is 0 Å². The molecule has 2 N–H and O–H groups in total. The second-order valence-electron chi connectivity index (χ2n) is 5.05. The molecule has 1 aliphatic heterocycles. The molecule has 0 amide bonds. The van der Waals surface area contributed by atoms with E-state index in [0.717, 1.165) is 31.1 Å². The van der Waals surface area contributed by atoms with E-state index in [1.807, 2.05) is 25.3 Å². The number of morpholine rings is 1. The van der Waals surface area contributed by atoms with Gasteiger partial charge in [-0.05, 0) is 45.1 Å². The minimum atomic E-state index is 0.236. The van der Waals surface area contributed by atoms with E-state index in [1.165, 1.54) is 0 Å². The summed E-state index contributed by atoms with van der Waals surface area (Å²) in [5.74, 6) is 0.979. The van der Waals surface area contributed by atoms with Crippen LogP contribution in [0.2, 0.25) is 0 Å². The molecule has 0 aliphatic carbocycles. The van der Waals surface area contributed by atoms with E-state index in [1.54, 1.807) is 0 Å².